The summed E-state index contributed by atoms with van der Waals surface area (Å²) in [5.41, 5.74) is 1.51. The number of hydrogen-bond acceptors (Lipinski definition) is 5. The van der Waals surface area contributed by atoms with Crippen LogP contribution >= 0.6 is 0 Å². The van der Waals surface area contributed by atoms with Crippen molar-refractivity contribution in [2.45, 2.75) is 51.5 Å². The second-order valence-corrected chi connectivity index (χ2v) is 6.81. The van der Waals surface area contributed by atoms with E-state index < -0.39 is 0 Å². The summed E-state index contributed by atoms with van der Waals surface area (Å²) in [6.45, 7) is 1.44. The van der Waals surface area contributed by atoms with Crippen LogP contribution in [-0.2, 0) is 4.79 Å². The van der Waals surface area contributed by atoms with E-state index in [4.69, 9.17) is 0 Å². The lowest BCUT2D eigenvalue weighted by Crippen LogP contribution is -2.21. The Kier molecular flexibility index (Phi) is 6.35. The molecule has 27 heavy (non-hydrogen) atoms. The van der Waals surface area contributed by atoms with E-state index in [-0.39, 0.29) is 11.8 Å². The van der Waals surface area contributed by atoms with Gasteiger partial charge in [-0.2, -0.15) is 0 Å². The van der Waals surface area contributed by atoms with Gasteiger partial charge in [-0.05, 0) is 37.1 Å². The number of aromatic nitrogens is 2. The van der Waals surface area contributed by atoms with Crippen LogP contribution < -0.4 is 16.0 Å². The van der Waals surface area contributed by atoms with Crippen molar-refractivity contribution in [3.63, 3.8) is 0 Å². The highest BCUT2D eigenvalue weighted by atomic mass is 16.2. The second kappa shape index (κ2) is 9.12. The van der Waals surface area contributed by atoms with Crippen molar-refractivity contribution < 1.29 is 9.59 Å². The van der Waals surface area contributed by atoms with Gasteiger partial charge in [0.25, 0.3) is 5.91 Å². The average Bonchev–Trinajstić information content (AvgIpc) is 2.90. The van der Waals surface area contributed by atoms with E-state index in [1.807, 2.05) is 0 Å². The minimum atomic E-state index is -0.318. The number of carbonyl (C=O) groups is 2. The Morgan fingerprint density at radius 1 is 1.00 bits per heavy atom. The molecule has 2 amide bonds. The van der Waals surface area contributed by atoms with E-state index in [0.29, 0.717) is 29.1 Å². The van der Waals surface area contributed by atoms with Crippen molar-refractivity contribution in [2.24, 2.45) is 0 Å². The second-order valence-electron chi connectivity index (χ2n) is 6.81. The van der Waals surface area contributed by atoms with Gasteiger partial charge in [-0.1, -0.05) is 31.7 Å². The minimum Gasteiger partial charge on any atom is -0.351 e. The summed E-state index contributed by atoms with van der Waals surface area (Å²) in [7, 11) is 0. The zero-order chi connectivity index (χ0) is 19.1. The largest absolute Gasteiger partial charge is 0.351 e. The first kappa shape index (κ1) is 18.8. The SMILES string of the molecule is CC(=O)Nc1cccc(NC(=O)c2ccnc(NC3CCCCCC3)n2)c1. The van der Waals surface area contributed by atoms with E-state index in [1.165, 1.54) is 32.6 Å². The molecule has 1 aromatic carbocycles. The molecule has 0 aliphatic heterocycles. The van der Waals surface area contributed by atoms with Crippen LogP contribution in [0, 0.1) is 0 Å². The molecule has 1 saturated carbocycles. The minimum absolute atomic E-state index is 0.163. The third kappa shape index (κ3) is 5.77. The summed E-state index contributed by atoms with van der Waals surface area (Å²) in [4.78, 5) is 32.3. The average molecular weight is 367 g/mol. The lowest BCUT2D eigenvalue weighted by Gasteiger charge is -2.16. The predicted octanol–water partition coefficient (Wildman–Crippen LogP) is 3.82. The predicted molar refractivity (Wildman–Crippen MR) is 106 cm³/mol. The number of amides is 2. The number of hydrogen-bond donors (Lipinski definition) is 3. The van der Waals surface area contributed by atoms with Gasteiger partial charge in [-0.15, -0.1) is 0 Å². The van der Waals surface area contributed by atoms with Crippen LogP contribution in [-0.4, -0.2) is 27.8 Å². The van der Waals surface area contributed by atoms with Crippen molar-refractivity contribution in [3.05, 3.63) is 42.2 Å². The first-order valence-corrected chi connectivity index (χ1v) is 9.39. The summed E-state index contributed by atoms with van der Waals surface area (Å²) in [5.74, 6) is 0.00587. The molecule has 1 aliphatic carbocycles. The standard InChI is InChI=1S/C20H25N5O2/c1-14(26)22-16-9-6-10-17(13-16)23-19(27)18-11-12-21-20(25-18)24-15-7-4-2-3-5-8-15/h6,9-13,15H,2-5,7-8H2,1H3,(H,22,26)(H,23,27)(H,21,24,25). The molecule has 1 fully saturated rings. The number of anilines is 3. The fourth-order valence-corrected chi connectivity index (χ4v) is 3.23. The van der Waals surface area contributed by atoms with Gasteiger partial charge in [0.1, 0.15) is 5.69 Å². The Morgan fingerprint density at radius 3 is 2.41 bits per heavy atom. The smallest absolute Gasteiger partial charge is 0.274 e. The lowest BCUT2D eigenvalue weighted by molar-refractivity contribution is -0.114. The molecule has 0 atom stereocenters. The summed E-state index contributed by atoms with van der Waals surface area (Å²) < 4.78 is 0. The Balaban J connectivity index is 1.65. The van der Waals surface area contributed by atoms with Crippen LogP contribution in [0.5, 0.6) is 0 Å². The summed E-state index contributed by atoms with van der Waals surface area (Å²) >= 11 is 0. The highest BCUT2D eigenvalue weighted by molar-refractivity contribution is 6.03. The van der Waals surface area contributed by atoms with Gasteiger partial charge in [0.15, 0.2) is 0 Å². The molecule has 142 valence electrons. The van der Waals surface area contributed by atoms with Gasteiger partial charge >= 0.3 is 0 Å². The maximum atomic E-state index is 12.5. The van der Waals surface area contributed by atoms with Crippen LogP contribution in [0.1, 0.15) is 55.9 Å². The monoisotopic (exact) mass is 367 g/mol. The number of rotatable bonds is 5. The molecule has 1 aliphatic rings. The fraction of sp³-hybridized carbons (Fsp3) is 0.400. The maximum Gasteiger partial charge on any atom is 0.274 e. The highest BCUT2D eigenvalue weighted by Gasteiger charge is 2.15. The lowest BCUT2D eigenvalue weighted by atomic mass is 10.1. The van der Waals surface area contributed by atoms with Crippen molar-refractivity contribution in [2.75, 3.05) is 16.0 Å². The molecule has 1 aromatic heterocycles. The van der Waals surface area contributed by atoms with Gasteiger partial charge in [-0.3, -0.25) is 9.59 Å². The van der Waals surface area contributed by atoms with Crippen molar-refractivity contribution in [3.8, 4) is 0 Å². The van der Waals surface area contributed by atoms with Crippen molar-refractivity contribution in [1.82, 2.24) is 9.97 Å². The maximum absolute atomic E-state index is 12.5. The highest BCUT2D eigenvalue weighted by Crippen LogP contribution is 2.20. The normalized spacial score (nSPS) is 14.9. The van der Waals surface area contributed by atoms with Gasteiger partial charge in [0, 0.05) is 30.5 Å². The zero-order valence-corrected chi connectivity index (χ0v) is 15.5. The Hall–Kier alpha value is -2.96. The molecule has 7 heteroatoms. The molecular weight excluding hydrogens is 342 g/mol. The topological polar surface area (TPSA) is 96.0 Å². The molecular formula is C20H25N5O2. The third-order valence-corrected chi connectivity index (χ3v) is 4.52. The molecule has 0 radical (unpaired) electrons. The van der Waals surface area contributed by atoms with E-state index in [0.717, 1.165) is 12.8 Å². The molecule has 0 unspecified atom stereocenters. The molecule has 3 N–H and O–H groups in total. The molecule has 2 aromatic rings. The third-order valence-electron chi connectivity index (χ3n) is 4.52. The fourth-order valence-electron chi connectivity index (χ4n) is 3.23. The van der Waals surface area contributed by atoms with Gasteiger partial charge in [0.2, 0.25) is 11.9 Å². The van der Waals surface area contributed by atoms with Crippen LogP contribution in [0.2, 0.25) is 0 Å². The quantitative estimate of drug-likeness (QED) is 0.698. The molecule has 3 rings (SSSR count). The Labute approximate surface area is 159 Å². The van der Waals surface area contributed by atoms with Crippen LogP contribution in [0.4, 0.5) is 17.3 Å². The van der Waals surface area contributed by atoms with E-state index >= 15 is 0 Å². The molecule has 1 heterocycles. The van der Waals surface area contributed by atoms with E-state index in [1.54, 1.807) is 36.5 Å². The number of nitrogens with zero attached hydrogens (tertiary/aromatic N) is 2. The van der Waals surface area contributed by atoms with Crippen LogP contribution in [0.3, 0.4) is 0 Å². The van der Waals surface area contributed by atoms with Gasteiger partial charge < -0.3 is 16.0 Å². The summed E-state index contributed by atoms with van der Waals surface area (Å²) in [6.07, 6.45) is 8.78. The first-order chi connectivity index (χ1) is 13.1. The molecule has 0 saturated heterocycles. The summed E-state index contributed by atoms with van der Waals surface area (Å²) in [5, 5.41) is 8.86. The number of nitrogens with one attached hydrogen (secondary N) is 3. The van der Waals surface area contributed by atoms with Crippen molar-refractivity contribution >= 4 is 29.1 Å². The van der Waals surface area contributed by atoms with Gasteiger partial charge in [-0.25, -0.2) is 9.97 Å². The van der Waals surface area contributed by atoms with Gasteiger partial charge in [0.05, 0.1) is 0 Å². The zero-order valence-electron chi connectivity index (χ0n) is 15.5. The molecule has 0 spiro atoms. The Bertz CT molecular complexity index is 800. The molecule has 7 nitrogen and oxygen atoms in total. The van der Waals surface area contributed by atoms with Crippen LogP contribution in [0.25, 0.3) is 0 Å². The van der Waals surface area contributed by atoms with Crippen LogP contribution in [0.15, 0.2) is 36.5 Å². The number of carbonyl (C=O) groups excluding carboxylic acids is 2. The molecule has 0 bridgehead atoms. The Morgan fingerprint density at radius 2 is 1.70 bits per heavy atom. The number of benzene rings is 1. The summed E-state index contributed by atoms with van der Waals surface area (Å²) in [6, 6.07) is 8.93. The van der Waals surface area contributed by atoms with E-state index in [9.17, 15) is 9.59 Å². The van der Waals surface area contributed by atoms with Crippen molar-refractivity contribution in [1.29, 1.82) is 0 Å². The van der Waals surface area contributed by atoms with E-state index in [2.05, 4.69) is 25.9 Å². The first-order valence-electron chi connectivity index (χ1n) is 9.39.